The Hall–Kier alpha value is -3.60. The third-order valence-electron chi connectivity index (χ3n) is 5.46. The van der Waals surface area contributed by atoms with Crippen molar-refractivity contribution < 1.29 is 10.0 Å². The van der Waals surface area contributed by atoms with Crippen LogP contribution in [0.5, 0.6) is 0 Å². The van der Waals surface area contributed by atoms with E-state index in [4.69, 9.17) is 0 Å². The first kappa shape index (κ1) is 18.4. The summed E-state index contributed by atoms with van der Waals surface area (Å²) in [5.41, 5.74) is 3.56. The first-order chi connectivity index (χ1) is 14.7. The minimum atomic E-state index is -1.48. The molecule has 0 aromatic heterocycles. The molecule has 2 N–H and O–H groups in total. The Morgan fingerprint density at radius 2 is 0.967 bits per heavy atom. The van der Waals surface area contributed by atoms with Crippen molar-refractivity contribution in [2.24, 2.45) is 0 Å². The maximum Gasteiger partial charge on any atom is 0.488 e. The highest BCUT2D eigenvalue weighted by molar-refractivity contribution is 6.58. The van der Waals surface area contributed by atoms with Crippen LogP contribution < -0.4 is 10.4 Å². The van der Waals surface area contributed by atoms with Gasteiger partial charge in [-0.05, 0) is 40.5 Å². The Balaban J connectivity index is 1.80. The van der Waals surface area contributed by atoms with Crippen molar-refractivity contribution in [3.63, 3.8) is 0 Å². The summed E-state index contributed by atoms with van der Waals surface area (Å²) in [6.45, 7) is 0. The van der Waals surface area contributed by atoms with Crippen molar-refractivity contribution in [2.75, 3.05) is 4.90 Å². The van der Waals surface area contributed by atoms with Crippen LogP contribution in [0.4, 0.5) is 17.1 Å². The molecule has 5 aromatic rings. The van der Waals surface area contributed by atoms with Gasteiger partial charge >= 0.3 is 7.12 Å². The monoisotopic (exact) mass is 389 g/mol. The first-order valence-electron chi connectivity index (χ1n) is 9.94. The van der Waals surface area contributed by atoms with Crippen LogP contribution >= 0.6 is 0 Å². The number of rotatable bonds is 4. The van der Waals surface area contributed by atoms with Crippen LogP contribution in [-0.4, -0.2) is 17.2 Å². The molecule has 5 aromatic carbocycles. The number of nitrogens with zero attached hydrogens (tertiary/aromatic N) is 1. The van der Waals surface area contributed by atoms with Gasteiger partial charge in [-0.1, -0.05) is 84.9 Å². The summed E-state index contributed by atoms with van der Waals surface area (Å²) < 4.78 is 0. The van der Waals surface area contributed by atoms with E-state index < -0.39 is 7.12 Å². The minimum Gasteiger partial charge on any atom is -0.423 e. The van der Waals surface area contributed by atoms with E-state index in [2.05, 4.69) is 77.7 Å². The SMILES string of the molecule is OB(O)c1ccc(N(c2cccc3ccccc23)c2cccc3ccccc23)cc1. The molecule has 0 heterocycles. The average molecular weight is 389 g/mol. The van der Waals surface area contributed by atoms with Gasteiger partial charge in [0, 0.05) is 16.5 Å². The quantitative estimate of drug-likeness (QED) is 0.418. The lowest BCUT2D eigenvalue weighted by Gasteiger charge is -2.28. The Labute approximate surface area is 175 Å². The van der Waals surface area contributed by atoms with Crippen LogP contribution in [0, 0.1) is 0 Å². The van der Waals surface area contributed by atoms with Gasteiger partial charge in [0.2, 0.25) is 0 Å². The average Bonchev–Trinajstić information content (AvgIpc) is 2.80. The molecule has 0 spiro atoms. The van der Waals surface area contributed by atoms with Gasteiger partial charge in [0.1, 0.15) is 0 Å². The summed E-state index contributed by atoms with van der Waals surface area (Å²) in [6.07, 6.45) is 0. The fourth-order valence-corrected chi connectivity index (χ4v) is 4.01. The minimum absolute atomic E-state index is 0.467. The highest BCUT2D eigenvalue weighted by atomic mass is 16.4. The van der Waals surface area contributed by atoms with Crippen molar-refractivity contribution in [1.82, 2.24) is 0 Å². The summed E-state index contributed by atoms with van der Waals surface area (Å²) in [4.78, 5) is 2.23. The van der Waals surface area contributed by atoms with E-state index >= 15 is 0 Å². The molecular formula is C26H20BNO2. The predicted molar refractivity (Wildman–Crippen MR) is 126 cm³/mol. The molecule has 0 saturated heterocycles. The smallest absolute Gasteiger partial charge is 0.423 e. The third kappa shape index (κ3) is 3.22. The van der Waals surface area contributed by atoms with E-state index in [0.29, 0.717) is 5.46 Å². The molecule has 5 rings (SSSR count). The van der Waals surface area contributed by atoms with Crippen LogP contribution in [0.1, 0.15) is 0 Å². The zero-order valence-corrected chi connectivity index (χ0v) is 16.3. The molecule has 0 unspecified atom stereocenters. The fraction of sp³-hybridized carbons (Fsp3) is 0. The highest BCUT2D eigenvalue weighted by Crippen LogP contribution is 2.41. The second-order valence-electron chi connectivity index (χ2n) is 7.30. The van der Waals surface area contributed by atoms with Gasteiger partial charge in [-0.15, -0.1) is 0 Å². The number of hydrogen-bond acceptors (Lipinski definition) is 3. The summed E-state index contributed by atoms with van der Waals surface area (Å²) in [5.74, 6) is 0. The van der Waals surface area contributed by atoms with Crippen LogP contribution in [0.15, 0.2) is 109 Å². The summed E-state index contributed by atoms with van der Waals surface area (Å²) in [6, 6.07) is 36.7. The second-order valence-corrected chi connectivity index (χ2v) is 7.30. The molecule has 0 bridgehead atoms. The van der Waals surface area contributed by atoms with Crippen molar-refractivity contribution in [3.8, 4) is 0 Å². The maximum absolute atomic E-state index is 9.51. The number of hydrogen-bond donors (Lipinski definition) is 2. The second kappa shape index (κ2) is 7.67. The van der Waals surface area contributed by atoms with Gasteiger partial charge < -0.3 is 14.9 Å². The number of anilines is 3. The van der Waals surface area contributed by atoms with Gasteiger partial charge in [0.05, 0.1) is 11.4 Å². The number of fused-ring (bicyclic) bond motifs is 2. The molecule has 0 amide bonds. The fourth-order valence-electron chi connectivity index (χ4n) is 4.01. The molecule has 30 heavy (non-hydrogen) atoms. The van der Waals surface area contributed by atoms with Crippen molar-refractivity contribution in [1.29, 1.82) is 0 Å². The van der Waals surface area contributed by atoms with Crippen LogP contribution in [-0.2, 0) is 0 Å². The normalized spacial score (nSPS) is 11.0. The van der Waals surface area contributed by atoms with Gasteiger partial charge in [-0.3, -0.25) is 0 Å². The van der Waals surface area contributed by atoms with E-state index in [1.54, 1.807) is 12.1 Å². The molecule has 144 valence electrons. The Morgan fingerprint density at radius 1 is 0.500 bits per heavy atom. The van der Waals surface area contributed by atoms with E-state index in [-0.39, 0.29) is 0 Å². The zero-order chi connectivity index (χ0) is 20.5. The van der Waals surface area contributed by atoms with Crippen molar-refractivity contribution in [2.45, 2.75) is 0 Å². The summed E-state index contributed by atoms with van der Waals surface area (Å²) in [7, 11) is -1.48. The Kier molecular flexibility index (Phi) is 4.72. The Bertz CT molecular complexity index is 1240. The van der Waals surface area contributed by atoms with Crippen LogP contribution in [0.3, 0.4) is 0 Å². The molecule has 3 nitrogen and oxygen atoms in total. The standard InChI is InChI=1S/C26H20BNO2/c29-27(30)21-15-17-22(18-16-21)28(25-13-5-9-19-7-1-3-11-23(19)25)26-14-6-10-20-8-2-4-12-24(20)26/h1-18,29-30H. The van der Waals surface area contributed by atoms with Gasteiger partial charge in [0.15, 0.2) is 0 Å². The third-order valence-corrected chi connectivity index (χ3v) is 5.46. The summed E-state index contributed by atoms with van der Waals surface area (Å²) >= 11 is 0. The van der Waals surface area contributed by atoms with E-state index in [1.807, 2.05) is 24.3 Å². The maximum atomic E-state index is 9.51. The van der Waals surface area contributed by atoms with Crippen molar-refractivity contribution in [3.05, 3.63) is 109 Å². The molecule has 0 aliphatic carbocycles. The molecule has 0 fully saturated rings. The molecule has 0 radical (unpaired) electrons. The Morgan fingerprint density at radius 3 is 1.47 bits per heavy atom. The summed E-state index contributed by atoms with van der Waals surface area (Å²) in [5, 5.41) is 23.7. The van der Waals surface area contributed by atoms with Crippen LogP contribution in [0.25, 0.3) is 21.5 Å². The van der Waals surface area contributed by atoms with Gasteiger partial charge in [0.25, 0.3) is 0 Å². The zero-order valence-electron chi connectivity index (χ0n) is 16.3. The van der Waals surface area contributed by atoms with Gasteiger partial charge in [-0.2, -0.15) is 0 Å². The van der Waals surface area contributed by atoms with Gasteiger partial charge in [-0.25, -0.2) is 0 Å². The molecular weight excluding hydrogens is 369 g/mol. The lowest BCUT2D eigenvalue weighted by atomic mass is 9.80. The number of benzene rings is 5. The largest absolute Gasteiger partial charge is 0.488 e. The molecule has 4 heteroatoms. The van der Waals surface area contributed by atoms with Crippen LogP contribution in [0.2, 0.25) is 0 Å². The topological polar surface area (TPSA) is 43.7 Å². The van der Waals surface area contributed by atoms with E-state index in [9.17, 15) is 10.0 Å². The van der Waals surface area contributed by atoms with E-state index in [0.717, 1.165) is 27.8 Å². The molecule has 0 atom stereocenters. The van der Waals surface area contributed by atoms with E-state index in [1.165, 1.54) is 10.8 Å². The lowest BCUT2D eigenvalue weighted by molar-refractivity contribution is 0.426. The van der Waals surface area contributed by atoms with Crippen molar-refractivity contribution >= 4 is 51.2 Å². The lowest BCUT2D eigenvalue weighted by Crippen LogP contribution is -2.29. The predicted octanol–water partition coefficient (Wildman–Crippen LogP) is 5.14. The molecule has 0 aliphatic rings. The molecule has 0 aliphatic heterocycles. The first-order valence-corrected chi connectivity index (χ1v) is 9.94. The highest BCUT2D eigenvalue weighted by Gasteiger charge is 2.18. The molecule has 0 saturated carbocycles.